The van der Waals surface area contributed by atoms with Crippen LogP contribution in [0.5, 0.6) is 0 Å². The standard InChI is InChI=1S/C17H17F3N6.C8H16/c1-8-4-11(5-22-10(3)23-6-12(8)16(19)20)14-13(18)7-26-15(14)9(2)24-17(21)25-26;1-8(2)6-4-3-5-7-8/h4-8,16H,1-3H3,(H2,21,25);3-7H2,1-2H3/b11-4+,12-6+,22-5?,23-10?;/t8-;/m1./s1. The fourth-order valence-electron chi connectivity index (χ4n) is 4.32. The Labute approximate surface area is 198 Å². The van der Waals surface area contributed by atoms with Gasteiger partial charge in [0.2, 0.25) is 5.95 Å². The third-order valence-corrected chi connectivity index (χ3v) is 6.27. The van der Waals surface area contributed by atoms with Crippen LogP contribution in [0.4, 0.5) is 19.1 Å². The van der Waals surface area contributed by atoms with Crippen LogP contribution in [0.2, 0.25) is 0 Å². The van der Waals surface area contributed by atoms with Crippen molar-refractivity contribution in [3.63, 3.8) is 0 Å². The maximum absolute atomic E-state index is 14.7. The molecule has 4 rings (SSSR count). The number of hydrogen-bond donors (Lipinski definition) is 1. The highest BCUT2D eigenvalue weighted by Crippen LogP contribution is 2.34. The van der Waals surface area contributed by atoms with Crippen molar-refractivity contribution < 1.29 is 13.2 Å². The van der Waals surface area contributed by atoms with Crippen molar-refractivity contribution in [1.82, 2.24) is 14.6 Å². The summed E-state index contributed by atoms with van der Waals surface area (Å²) in [6.45, 7) is 9.61. The fraction of sp³-hybridized carbons (Fsp3) is 0.520. The van der Waals surface area contributed by atoms with Gasteiger partial charge in [0.15, 0.2) is 5.82 Å². The predicted molar refractivity (Wildman–Crippen MR) is 132 cm³/mol. The Hall–Kier alpha value is -2.97. The molecule has 2 aromatic heterocycles. The maximum atomic E-state index is 14.7. The van der Waals surface area contributed by atoms with Gasteiger partial charge in [0.25, 0.3) is 6.43 Å². The van der Waals surface area contributed by atoms with Crippen molar-refractivity contribution in [2.75, 3.05) is 5.73 Å². The number of nitrogens with two attached hydrogens (primary N) is 1. The van der Waals surface area contributed by atoms with Crippen LogP contribution in [0, 0.1) is 24.1 Å². The summed E-state index contributed by atoms with van der Waals surface area (Å²) >= 11 is 0. The minimum Gasteiger partial charge on any atom is -0.367 e. The van der Waals surface area contributed by atoms with Gasteiger partial charge in [0.05, 0.1) is 17.4 Å². The van der Waals surface area contributed by atoms with Crippen molar-refractivity contribution in [3.8, 4) is 0 Å². The molecule has 2 aromatic rings. The number of anilines is 1. The van der Waals surface area contributed by atoms with Gasteiger partial charge in [0.1, 0.15) is 5.84 Å². The van der Waals surface area contributed by atoms with Crippen LogP contribution in [0.3, 0.4) is 0 Å². The molecule has 184 valence electrons. The first-order valence-electron chi connectivity index (χ1n) is 11.6. The number of aliphatic imine (C=N–C) groups is 2. The third-order valence-electron chi connectivity index (χ3n) is 6.27. The second kappa shape index (κ2) is 10.5. The summed E-state index contributed by atoms with van der Waals surface area (Å²) in [6, 6.07) is 0. The molecule has 1 atom stereocenters. The van der Waals surface area contributed by atoms with Gasteiger partial charge in [-0.05, 0) is 32.1 Å². The lowest BCUT2D eigenvalue weighted by Crippen LogP contribution is -2.14. The number of fused-ring (bicyclic) bond motifs is 1. The monoisotopic (exact) mass is 474 g/mol. The number of nitrogen functional groups attached to an aromatic ring is 1. The smallest absolute Gasteiger partial charge is 0.262 e. The van der Waals surface area contributed by atoms with Gasteiger partial charge >= 0.3 is 0 Å². The van der Waals surface area contributed by atoms with Gasteiger partial charge < -0.3 is 5.73 Å². The first-order valence-corrected chi connectivity index (χ1v) is 11.6. The molecular formula is C25H33F3N6. The van der Waals surface area contributed by atoms with E-state index < -0.39 is 18.2 Å². The zero-order valence-electron chi connectivity index (χ0n) is 20.4. The van der Waals surface area contributed by atoms with Gasteiger partial charge in [-0.1, -0.05) is 46.1 Å². The zero-order valence-corrected chi connectivity index (χ0v) is 20.4. The molecule has 0 spiro atoms. The molecular weight excluding hydrogens is 441 g/mol. The quantitative estimate of drug-likeness (QED) is 0.546. The highest BCUT2D eigenvalue weighted by molar-refractivity contribution is 6.16. The van der Waals surface area contributed by atoms with E-state index in [9.17, 15) is 13.2 Å². The average Bonchev–Trinajstić information content (AvgIpc) is 3.09. The Kier molecular flexibility index (Phi) is 7.94. The molecule has 0 radical (unpaired) electrons. The number of hydrogen-bond acceptors (Lipinski definition) is 5. The van der Waals surface area contributed by atoms with E-state index in [0.29, 0.717) is 22.2 Å². The van der Waals surface area contributed by atoms with Crippen LogP contribution < -0.4 is 5.73 Å². The lowest BCUT2D eigenvalue weighted by atomic mass is 9.78. The molecule has 1 aliphatic heterocycles. The van der Waals surface area contributed by atoms with E-state index in [1.165, 1.54) is 55.1 Å². The number of aromatic nitrogens is 3. The number of rotatable bonds is 2. The highest BCUT2D eigenvalue weighted by Gasteiger charge is 2.23. The molecule has 2 N–H and O–H groups in total. The largest absolute Gasteiger partial charge is 0.367 e. The summed E-state index contributed by atoms with van der Waals surface area (Å²) in [6.07, 6.45) is 9.86. The Morgan fingerprint density at radius 2 is 1.82 bits per heavy atom. The van der Waals surface area contributed by atoms with E-state index in [4.69, 9.17) is 5.73 Å². The minimum atomic E-state index is -2.68. The lowest BCUT2D eigenvalue weighted by molar-refractivity contribution is 0.180. The molecule has 0 amide bonds. The zero-order chi connectivity index (χ0) is 25.0. The summed E-state index contributed by atoms with van der Waals surface area (Å²) in [5, 5.41) is 3.97. The molecule has 6 nitrogen and oxygen atoms in total. The molecule has 1 fully saturated rings. The van der Waals surface area contributed by atoms with Crippen LogP contribution in [0.1, 0.15) is 71.1 Å². The van der Waals surface area contributed by atoms with Crippen LogP contribution in [-0.2, 0) is 0 Å². The van der Waals surface area contributed by atoms with Gasteiger partial charge in [-0.25, -0.2) is 32.7 Å². The van der Waals surface area contributed by atoms with Crippen LogP contribution in [0.15, 0.2) is 34.0 Å². The Morgan fingerprint density at radius 3 is 2.41 bits per heavy atom. The SMILES string of the molecule is CC1(C)CCCCC1.CC1=N/C=C(/C(F)F)[C@H](C)/C=C(/c2c(F)cn3nc(N)nc(C)c23)C=N1. The predicted octanol–water partition coefficient (Wildman–Crippen LogP) is 6.41. The maximum Gasteiger partial charge on any atom is 0.262 e. The van der Waals surface area contributed by atoms with E-state index in [1.807, 2.05) is 0 Å². The summed E-state index contributed by atoms with van der Waals surface area (Å²) in [5.41, 5.74) is 7.51. The van der Waals surface area contributed by atoms with E-state index in [1.54, 1.807) is 20.8 Å². The number of amidine groups is 1. The highest BCUT2D eigenvalue weighted by atomic mass is 19.3. The molecule has 9 heteroatoms. The lowest BCUT2D eigenvalue weighted by Gasteiger charge is -2.28. The molecule has 0 saturated heterocycles. The van der Waals surface area contributed by atoms with Crippen molar-refractivity contribution >= 4 is 29.1 Å². The van der Waals surface area contributed by atoms with Gasteiger partial charge in [-0.2, -0.15) is 0 Å². The Bertz CT molecular complexity index is 1150. The number of alkyl halides is 2. The van der Waals surface area contributed by atoms with Gasteiger partial charge in [-0.3, -0.25) is 0 Å². The second-order valence-electron chi connectivity index (χ2n) is 9.70. The van der Waals surface area contributed by atoms with Crippen LogP contribution >= 0.6 is 0 Å². The Morgan fingerprint density at radius 1 is 1.15 bits per heavy atom. The second-order valence-corrected chi connectivity index (χ2v) is 9.70. The molecule has 2 aliphatic rings. The van der Waals surface area contributed by atoms with Crippen LogP contribution in [-0.4, -0.2) is 33.1 Å². The topological polar surface area (TPSA) is 80.9 Å². The molecule has 0 bridgehead atoms. The Balaban J connectivity index is 0.000000343. The number of aryl methyl sites for hydroxylation is 1. The number of nitrogens with zero attached hydrogens (tertiary/aromatic N) is 5. The van der Waals surface area contributed by atoms with Crippen molar-refractivity contribution in [2.24, 2.45) is 21.3 Å². The first-order chi connectivity index (χ1) is 16.0. The summed E-state index contributed by atoms with van der Waals surface area (Å²) < 4.78 is 42.7. The van der Waals surface area contributed by atoms with Crippen molar-refractivity contribution in [2.45, 2.75) is 73.1 Å². The number of halogens is 3. The summed E-state index contributed by atoms with van der Waals surface area (Å²) in [7, 11) is 0. The fourth-order valence-corrected chi connectivity index (χ4v) is 4.32. The molecule has 34 heavy (non-hydrogen) atoms. The van der Waals surface area contributed by atoms with E-state index >= 15 is 0 Å². The summed E-state index contributed by atoms with van der Waals surface area (Å²) in [5.74, 6) is -0.956. The molecule has 0 unspecified atom stereocenters. The van der Waals surface area contributed by atoms with Crippen LogP contribution in [0.25, 0.3) is 11.1 Å². The number of allylic oxidation sites excluding steroid dienone is 3. The molecule has 1 aliphatic carbocycles. The van der Waals surface area contributed by atoms with Gasteiger partial charge in [-0.15, -0.1) is 5.10 Å². The van der Waals surface area contributed by atoms with Crippen molar-refractivity contribution in [1.29, 1.82) is 0 Å². The molecule has 1 saturated carbocycles. The average molecular weight is 475 g/mol. The van der Waals surface area contributed by atoms with Crippen molar-refractivity contribution in [3.05, 3.63) is 41.1 Å². The van der Waals surface area contributed by atoms with E-state index in [2.05, 4.69) is 33.9 Å². The third kappa shape index (κ3) is 6.12. The molecule has 0 aromatic carbocycles. The van der Waals surface area contributed by atoms with E-state index in [0.717, 1.165) is 6.20 Å². The first kappa shape index (κ1) is 25.6. The minimum absolute atomic E-state index is 0.00734. The normalized spacial score (nSPS) is 23.6. The molecule has 3 heterocycles. The van der Waals surface area contributed by atoms with Gasteiger partial charge in [0, 0.05) is 35.0 Å². The summed E-state index contributed by atoms with van der Waals surface area (Å²) in [4.78, 5) is 12.1. The van der Waals surface area contributed by atoms with E-state index in [-0.39, 0.29) is 22.9 Å².